The molecule has 2 aliphatic heterocycles. The molecular weight excluding hydrogens is 408 g/mol. The van der Waals surface area contributed by atoms with Gasteiger partial charge in [0, 0.05) is 19.0 Å². The summed E-state index contributed by atoms with van der Waals surface area (Å²) in [5.41, 5.74) is 0.820. The molecule has 1 aromatic heterocycles. The minimum Gasteiger partial charge on any atom is -0.508 e. The molecule has 1 amide bonds. The third-order valence-electron chi connectivity index (χ3n) is 5.64. The zero-order valence-electron chi connectivity index (χ0n) is 16.2. The van der Waals surface area contributed by atoms with Crippen molar-refractivity contribution in [3.8, 4) is 5.75 Å². The molecular formula is C20H23N4O5S+. The molecule has 2 aromatic rings. The van der Waals surface area contributed by atoms with E-state index in [1.54, 1.807) is 18.2 Å². The maximum absolute atomic E-state index is 13.1. The number of aromatic nitrogens is 1. The first-order valence-corrected chi connectivity index (χ1v) is 11.1. The fourth-order valence-corrected chi connectivity index (χ4v) is 5.89. The molecule has 4 rings (SSSR count). The second-order valence-corrected chi connectivity index (χ2v) is 9.45. The third-order valence-corrected chi connectivity index (χ3v) is 7.49. The fourth-order valence-electron chi connectivity index (χ4n) is 4.24. The largest absolute Gasteiger partial charge is 0.508 e. The molecule has 3 N–H and O–H groups in total. The molecule has 2 unspecified atom stereocenters. The van der Waals surface area contributed by atoms with Crippen LogP contribution in [0.1, 0.15) is 18.4 Å². The highest BCUT2D eigenvalue weighted by molar-refractivity contribution is 7.89. The Morgan fingerprint density at radius 2 is 2.07 bits per heavy atom. The minimum atomic E-state index is -3.91. The van der Waals surface area contributed by atoms with Crippen molar-refractivity contribution < 1.29 is 27.8 Å². The average molecular weight is 431 g/mol. The third kappa shape index (κ3) is 3.63. The minimum absolute atomic E-state index is 0.00890. The lowest BCUT2D eigenvalue weighted by Crippen LogP contribution is -2.45. The highest BCUT2D eigenvalue weighted by atomic mass is 32.2. The van der Waals surface area contributed by atoms with Crippen molar-refractivity contribution in [2.24, 2.45) is 0 Å². The van der Waals surface area contributed by atoms with Crippen molar-refractivity contribution in [2.75, 3.05) is 18.9 Å². The lowest BCUT2D eigenvalue weighted by molar-refractivity contribution is -0.641. The molecule has 0 aliphatic carbocycles. The summed E-state index contributed by atoms with van der Waals surface area (Å²) >= 11 is 0. The predicted octanol–water partition coefficient (Wildman–Crippen LogP) is -0.431. The Hall–Kier alpha value is -2.98. The molecule has 10 heteroatoms. The number of phenols is 1. The number of likely N-dealkylation sites (tertiary alicyclic amines) is 1. The van der Waals surface area contributed by atoms with E-state index in [2.05, 4.69) is 0 Å². The standard InChI is InChI=1S/C20H22N4O5S/c21-22-9-2-5-16(12-22)30(28,29)24-13-18(26)20-17(24)8-10-23(20)19(27)7-6-14-3-1-4-15(25)11-14/h1-5,9,11-12,17,20H,6-8,10,13,21H2/p+1. The summed E-state index contributed by atoms with van der Waals surface area (Å²) in [6, 6.07) is 8.30. The first-order chi connectivity index (χ1) is 14.3. The van der Waals surface area contributed by atoms with Gasteiger partial charge >= 0.3 is 0 Å². The van der Waals surface area contributed by atoms with Gasteiger partial charge in [-0.15, -0.1) is 0 Å². The number of benzene rings is 1. The summed E-state index contributed by atoms with van der Waals surface area (Å²) in [6.07, 6.45) is 3.82. The van der Waals surface area contributed by atoms with Crippen LogP contribution in [0.15, 0.2) is 53.7 Å². The van der Waals surface area contributed by atoms with Crippen LogP contribution in [-0.4, -0.2) is 59.6 Å². The van der Waals surface area contributed by atoms with Crippen LogP contribution in [0.3, 0.4) is 0 Å². The highest BCUT2D eigenvalue weighted by Gasteiger charge is 2.53. The number of aryl methyl sites for hydroxylation is 1. The van der Waals surface area contributed by atoms with Gasteiger partial charge in [0.1, 0.15) is 16.7 Å². The molecule has 2 atom stereocenters. The smallest absolute Gasteiger partial charge is 0.249 e. The number of ketones is 1. The zero-order valence-corrected chi connectivity index (χ0v) is 17.0. The van der Waals surface area contributed by atoms with Gasteiger partial charge in [0.25, 0.3) is 0 Å². The summed E-state index contributed by atoms with van der Waals surface area (Å²) in [5.74, 6) is 5.30. The lowest BCUT2D eigenvalue weighted by atomic mass is 10.1. The van der Waals surface area contributed by atoms with Gasteiger partial charge in [-0.05, 0) is 36.6 Å². The number of fused-ring (bicyclic) bond motifs is 1. The summed E-state index contributed by atoms with van der Waals surface area (Å²) < 4.78 is 28.5. The number of amides is 1. The van der Waals surface area contributed by atoms with Crippen LogP contribution in [0.5, 0.6) is 5.75 Å². The summed E-state index contributed by atoms with van der Waals surface area (Å²) in [4.78, 5) is 27.0. The Labute approximate surface area is 174 Å². The molecule has 158 valence electrons. The summed E-state index contributed by atoms with van der Waals surface area (Å²) in [5, 5.41) is 9.55. The molecule has 0 bridgehead atoms. The Bertz CT molecular complexity index is 1100. The highest BCUT2D eigenvalue weighted by Crippen LogP contribution is 2.34. The maximum atomic E-state index is 13.1. The molecule has 2 aliphatic rings. The number of Topliss-reactive ketones (excluding diaryl/α,β-unsaturated/α-hetero) is 1. The number of nitrogens with two attached hydrogens (primary N) is 1. The van der Waals surface area contributed by atoms with Crippen LogP contribution in [0.2, 0.25) is 0 Å². The molecule has 0 spiro atoms. The zero-order chi connectivity index (χ0) is 21.5. The van der Waals surface area contributed by atoms with Gasteiger partial charge in [0.15, 0.2) is 12.0 Å². The molecule has 0 saturated carbocycles. The molecule has 1 aromatic carbocycles. The van der Waals surface area contributed by atoms with Gasteiger partial charge in [-0.1, -0.05) is 16.8 Å². The Balaban J connectivity index is 1.49. The topological polar surface area (TPSA) is 125 Å². The van der Waals surface area contributed by atoms with Crippen molar-refractivity contribution in [3.63, 3.8) is 0 Å². The molecule has 2 saturated heterocycles. The molecule has 3 heterocycles. The van der Waals surface area contributed by atoms with Gasteiger partial charge in [0.2, 0.25) is 22.1 Å². The molecule has 30 heavy (non-hydrogen) atoms. The van der Waals surface area contributed by atoms with Crippen LogP contribution >= 0.6 is 0 Å². The van der Waals surface area contributed by atoms with E-state index < -0.39 is 22.1 Å². The van der Waals surface area contributed by atoms with E-state index in [-0.39, 0.29) is 35.3 Å². The van der Waals surface area contributed by atoms with Crippen molar-refractivity contribution in [2.45, 2.75) is 36.2 Å². The van der Waals surface area contributed by atoms with Gasteiger partial charge in [-0.2, -0.15) is 4.31 Å². The van der Waals surface area contributed by atoms with E-state index in [9.17, 15) is 23.1 Å². The van der Waals surface area contributed by atoms with Gasteiger partial charge in [-0.3, -0.25) is 9.59 Å². The number of pyridine rings is 1. The summed E-state index contributed by atoms with van der Waals surface area (Å²) in [7, 11) is -3.91. The number of carbonyl (C=O) groups excluding carboxylic acids is 2. The monoisotopic (exact) mass is 431 g/mol. The SMILES string of the molecule is N[n+]1cccc(S(=O)(=O)N2CC(=O)C3C2CCN3C(=O)CCc2cccc(O)c2)c1. The molecule has 9 nitrogen and oxygen atoms in total. The number of hydrogen-bond donors (Lipinski definition) is 2. The number of phenolic OH excluding ortho intramolecular Hbond substituents is 1. The van der Waals surface area contributed by atoms with Gasteiger partial charge in [0.05, 0.1) is 12.6 Å². The van der Waals surface area contributed by atoms with Crippen molar-refractivity contribution >= 4 is 21.7 Å². The van der Waals surface area contributed by atoms with Gasteiger partial charge in [-0.25, -0.2) is 14.3 Å². The molecule has 0 radical (unpaired) electrons. The van der Waals surface area contributed by atoms with Crippen LogP contribution in [-0.2, 0) is 26.0 Å². The quantitative estimate of drug-likeness (QED) is 0.489. The average Bonchev–Trinajstić information content (AvgIpc) is 3.28. The van der Waals surface area contributed by atoms with Gasteiger partial charge < -0.3 is 10.0 Å². The van der Waals surface area contributed by atoms with Crippen molar-refractivity contribution in [1.29, 1.82) is 0 Å². The van der Waals surface area contributed by atoms with E-state index in [4.69, 9.17) is 5.84 Å². The number of sulfonamides is 1. The predicted molar refractivity (Wildman–Crippen MR) is 106 cm³/mol. The lowest BCUT2D eigenvalue weighted by Gasteiger charge is -2.24. The number of rotatable bonds is 5. The number of aromatic hydroxyl groups is 1. The fraction of sp³-hybridized carbons (Fsp3) is 0.350. The second kappa shape index (κ2) is 7.69. The van der Waals surface area contributed by atoms with Crippen molar-refractivity contribution in [1.82, 2.24) is 9.21 Å². The molecule has 2 fully saturated rings. The van der Waals surface area contributed by atoms with Crippen LogP contribution in [0, 0.1) is 0 Å². The van der Waals surface area contributed by atoms with Crippen LogP contribution in [0.4, 0.5) is 0 Å². The van der Waals surface area contributed by atoms with E-state index in [1.165, 1.54) is 33.7 Å². The Morgan fingerprint density at radius 1 is 1.27 bits per heavy atom. The van der Waals surface area contributed by atoms with Crippen LogP contribution < -0.4 is 10.5 Å². The number of nitrogen functional groups attached to an aromatic ring is 1. The van der Waals surface area contributed by atoms with E-state index >= 15 is 0 Å². The van der Waals surface area contributed by atoms with E-state index in [0.29, 0.717) is 19.4 Å². The Morgan fingerprint density at radius 3 is 2.80 bits per heavy atom. The number of nitrogens with zero attached hydrogens (tertiary/aromatic N) is 3. The number of hydrogen-bond acceptors (Lipinski definition) is 6. The number of carbonyl (C=O) groups is 2. The Kier molecular flexibility index (Phi) is 5.20. The van der Waals surface area contributed by atoms with Crippen LogP contribution in [0.25, 0.3) is 0 Å². The normalized spacial score (nSPS) is 21.7. The van der Waals surface area contributed by atoms with Crippen molar-refractivity contribution in [3.05, 3.63) is 54.4 Å². The van der Waals surface area contributed by atoms with E-state index in [1.807, 2.05) is 6.07 Å². The second-order valence-electron chi connectivity index (χ2n) is 7.56. The first-order valence-electron chi connectivity index (χ1n) is 9.66. The first kappa shape index (κ1) is 20.3. The van der Waals surface area contributed by atoms with E-state index in [0.717, 1.165) is 10.2 Å². The summed E-state index contributed by atoms with van der Waals surface area (Å²) in [6.45, 7) is 0.0745. The maximum Gasteiger partial charge on any atom is 0.249 e.